The highest BCUT2D eigenvalue weighted by Crippen LogP contribution is 2.33. The first-order valence-corrected chi connectivity index (χ1v) is 12.7. The molecule has 0 amide bonds. The highest BCUT2D eigenvalue weighted by atomic mass is 32.2. The predicted molar refractivity (Wildman–Crippen MR) is 117 cm³/mol. The Hall–Kier alpha value is -1.08. The zero-order valence-electron chi connectivity index (χ0n) is 15.0. The fourth-order valence-corrected chi connectivity index (χ4v) is 8.18. The Morgan fingerprint density at radius 1 is 0.750 bits per heavy atom. The Morgan fingerprint density at radius 3 is 1.50 bits per heavy atom. The molecule has 0 radical (unpaired) electrons. The topological polar surface area (TPSA) is 118 Å². The summed E-state index contributed by atoms with van der Waals surface area (Å²) in [5, 5.41) is 1.06. The first-order valence-electron chi connectivity index (χ1n) is 8.33. The third-order valence-electron chi connectivity index (χ3n) is 3.47. The van der Waals surface area contributed by atoms with E-state index in [2.05, 4.69) is 20.0 Å². The minimum Gasteiger partial charge on any atom is -0.211 e. The lowest BCUT2D eigenvalue weighted by atomic mass is 10.4. The van der Waals surface area contributed by atoms with Crippen LogP contribution in [0.5, 0.6) is 0 Å². The van der Waals surface area contributed by atoms with E-state index in [0.717, 1.165) is 23.0 Å². The lowest BCUT2D eigenvalue weighted by Crippen LogP contribution is -2.26. The van der Waals surface area contributed by atoms with Crippen LogP contribution in [0.1, 0.15) is 0 Å². The van der Waals surface area contributed by atoms with Crippen molar-refractivity contribution in [3.05, 3.63) is 0 Å². The number of rotatable bonds is 14. The fourth-order valence-electron chi connectivity index (χ4n) is 2.14. The van der Waals surface area contributed by atoms with Crippen molar-refractivity contribution in [1.29, 1.82) is 0 Å². The summed E-state index contributed by atoms with van der Waals surface area (Å²) in [5.74, 6) is 5.25. The van der Waals surface area contributed by atoms with E-state index < -0.39 is 0 Å². The molecule has 0 aromatic carbocycles. The van der Waals surface area contributed by atoms with Crippen molar-refractivity contribution in [2.75, 3.05) is 47.6 Å². The summed E-state index contributed by atoms with van der Waals surface area (Å²) in [6.07, 6.45) is 5.97. The first-order chi connectivity index (χ1) is 13.7. The molecule has 1 saturated heterocycles. The molecule has 1 rings (SSSR count). The van der Waals surface area contributed by atoms with Crippen LogP contribution in [-0.4, -0.2) is 94.5 Å². The van der Waals surface area contributed by atoms with E-state index in [0.29, 0.717) is 22.0 Å². The van der Waals surface area contributed by atoms with Crippen LogP contribution in [0.15, 0.2) is 20.0 Å². The molecule has 8 nitrogen and oxygen atoms in total. The second-order valence-corrected chi connectivity index (χ2v) is 10.4. The Bertz CT molecular complexity index is 593. The zero-order valence-corrected chi connectivity index (χ0v) is 18.3. The average Bonchev–Trinajstić information content (AvgIpc) is 2.71. The Kier molecular flexibility index (Phi) is 15.0. The van der Waals surface area contributed by atoms with E-state index in [-0.39, 0.29) is 25.2 Å². The van der Waals surface area contributed by atoms with E-state index in [1.165, 1.54) is 24.3 Å². The number of isocyanates is 4. The zero-order chi connectivity index (χ0) is 20.5. The van der Waals surface area contributed by atoms with Gasteiger partial charge in [0.25, 0.3) is 0 Å². The number of hydrogen-bond acceptors (Lipinski definition) is 12. The maximum atomic E-state index is 10.4. The third-order valence-corrected chi connectivity index (χ3v) is 9.63. The predicted octanol–water partition coefficient (Wildman–Crippen LogP) is 1.75. The molecule has 1 fully saturated rings. The van der Waals surface area contributed by atoms with Crippen molar-refractivity contribution >= 4 is 71.4 Å². The van der Waals surface area contributed by atoms with Crippen molar-refractivity contribution in [2.24, 2.45) is 20.0 Å². The number of thioether (sulfide) groups is 4. The van der Waals surface area contributed by atoms with Crippen LogP contribution in [0.3, 0.4) is 0 Å². The Balaban J connectivity index is 2.22. The fraction of sp³-hybridized carbons (Fsp3) is 0.750. The molecule has 152 valence electrons. The average molecular weight is 461 g/mol. The highest BCUT2D eigenvalue weighted by Gasteiger charge is 2.23. The molecule has 1 aliphatic heterocycles. The van der Waals surface area contributed by atoms with Crippen LogP contribution in [0.2, 0.25) is 0 Å². The number of aliphatic imine (C=N–C) groups is 4. The van der Waals surface area contributed by atoms with Gasteiger partial charge in [-0.25, -0.2) is 29.2 Å². The number of carbonyl (C=O) groups excluding carboxylic acids is 4. The van der Waals surface area contributed by atoms with Crippen molar-refractivity contribution in [2.45, 2.75) is 22.6 Å². The molecule has 0 aliphatic carbocycles. The lowest BCUT2D eigenvalue weighted by molar-refractivity contribution is 0.555. The standard InChI is InChI=1S/C16H20N4O4S4/c21-9-17-1-13(19-11-23)3-25-5-15-7-28-16(8-27-15)6-26-4-14(20-12-24)2-18-10-22/h13-16H,1-8H2. The molecule has 4 unspecified atom stereocenters. The van der Waals surface area contributed by atoms with E-state index in [1.54, 1.807) is 23.5 Å². The first kappa shape index (κ1) is 25.0. The summed E-state index contributed by atoms with van der Waals surface area (Å²) in [6, 6.07) is -0.639. The highest BCUT2D eigenvalue weighted by molar-refractivity contribution is 8.09. The van der Waals surface area contributed by atoms with Crippen LogP contribution >= 0.6 is 47.0 Å². The monoisotopic (exact) mass is 460 g/mol. The molecule has 1 heterocycles. The summed E-state index contributed by atoms with van der Waals surface area (Å²) < 4.78 is 0. The molecule has 0 bridgehead atoms. The van der Waals surface area contributed by atoms with Gasteiger partial charge in [0.15, 0.2) is 0 Å². The van der Waals surface area contributed by atoms with Gasteiger partial charge in [0.1, 0.15) is 0 Å². The summed E-state index contributed by atoms with van der Waals surface area (Å²) in [5.41, 5.74) is 0. The molecular weight excluding hydrogens is 440 g/mol. The summed E-state index contributed by atoms with van der Waals surface area (Å²) in [7, 11) is 0. The van der Waals surface area contributed by atoms with Gasteiger partial charge in [0, 0.05) is 45.0 Å². The SMILES string of the molecule is O=C=NCC(CSCC1CSC(CSCC(CN=C=O)N=C=O)CS1)N=C=O. The third kappa shape index (κ3) is 11.7. The molecule has 1 aliphatic rings. The second kappa shape index (κ2) is 16.8. The molecule has 0 aromatic heterocycles. The largest absolute Gasteiger partial charge is 0.235 e. The van der Waals surface area contributed by atoms with Gasteiger partial charge in [-0.1, -0.05) is 0 Å². The van der Waals surface area contributed by atoms with Crippen molar-refractivity contribution in [3.63, 3.8) is 0 Å². The van der Waals surface area contributed by atoms with E-state index in [1.807, 2.05) is 23.5 Å². The van der Waals surface area contributed by atoms with Crippen LogP contribution in [0, 0.1) is 0 Å². The molecule has 12 heteroatoms. The molecule has 4 atom stereocenters. The van der Waals surface area contributed by atoms with E-state index in [4.69, 9.17) is 0 Å². The summed E-state index contributed by atoms with van der Waals surface area (Å²) in [4.78, 5) is 55.4. The van der Waals surface area contributed by atoms with E-state index >= 15 is 0 Å². The lowest BCUT2D eigenvalue weighted by Gasteiger charge is -2.27. The Morgan fingerprint density at radius 2 is 1.18 bits per heavy atom. The minimum atomic E-state index is -0.320. The van der Waals surface area contributed by atoms with Gasteiger partial charge in [-0.2, -0.15) is 57.0 Å². The van der Waals surface area contributed by atoms with Gasteiger partial charge in [-0.3, -0.25) is 0 Å². The normalized spacial score (nSPS) is 20.4. The maximum Gasteiger partial charge on any atom is 0.235 e. The maximum absolute atomic E-state index is 10.4. The van der Waals surface area contributed by atoms with Gasteiger partial charge < -0.3 is 0 Å². The van der Waals surface area contributed by atoms with Gasteiger partial charge in [0.2, 0.25) is 24.3 Å². The quantitative estimate of drug-likeness (QED) is 0.284. The molecule has 0 N–H and O–H groups in total. The minimum absolute atomic E-state index is 0.172. The van der Waals surface area contributed by atoms with E-state index in [9.17, 15) is 19.2 Å². The van der Waals surface area contributed by atoms with Crippen molar-refractivity contribution in [3.8, 4) is 0 Å². The number of hydrogen-bond donors (Lipinski definition) is 0. The van der Waals surface area contributed by atoms with Crippen molar-refractivity contribution < 1.29 is 19.2 Å². The number of nitrogens with zero attached hydrogens (tertiary/aromatic N) is 4. The van der Waals surface area contributed by atoms with Gasteiger partial charge in [-0.15, -0.1) is 0 Å². The van der Waals surface area contributed by atoms with Crippen LogP contribution in [0.25, 0.3) is 0 Å². The molecule has 0 spiro atoms. The smallest absolute Gasteiger partial charge is 0.211 e. The summed E-state index contributed by atoms with van der Waals surface area (Å²) in [6.45, 7) is 0.343. The van der Waals surface area contributed by atoms with Gasteiger partial charge in [0.05, 0.1) is 25.2 Å². The molecule has 0 aromatic rings. The Labute approximate surface area is 180 Å². The molecule has 28 heavy (non-hydrogen) atoms. The summed E-state index contributed by atoms with van der Waals surface area (Å²) >= 11 is 7.27. The van der Waals surface area contributed by atoms with Crippen LogP contribution in [-0.2, 0) is 19.2 Å². The van der Waals surface area contributed by atoms with Gasteiger partial charge >= 0.3 is 0 Å². The second-order valence-electron chi connectivity index (χ2n) is 5.60. The van der Waals surface area contributed by atoms with Gasteiger partial charge in [-0.05, 0) is 0 Å². The molecular formula is C16H20N4O4S4. The van der Waals surface area contributed by atoms with Crippen LogP contribution < -0.4 is 0 Å². The van der Waals surface area contributed by atoms with Crippen molar-refractivity contribution in [1.82, 2.24) is 0 Å². The van der Waals surface area contributed by atoms with Crippen LogP contribution in [0.4, 0.5) is 0 Å². The molecule has 0 saturated carbocycles.